The highest BCUT2D eigenvalue weighted by molar-refractivity contribution is 5.87. The van der Waals surface area contributed by atoms with Crippen molar-refractivity contribution in [3.8, 4) is 0 Å². The maximum absolute atomic E-state index is 13.7. The minimum absolute atomic E-state index is 0.0274. The van der Waals surface area contributed by atoms with E-state index in [1.165, 1.54) is 17.0 Å². The predicted molar refractivity (Wildman–Crippen MR) is 87.6 cm³/mol. The molecule has 2 rings (SSSR count). The average Bonchev–Trinajstić information content (AvgIpc) is 2.34. The van der Waals surface area contributed by atoms with E-state index >= 15 is 0 Å². The highest BCUT2D eigenvalue weighted by Gasteiger charge is 2.54. The fraction of sp³-hybridized carbons (Fsp3) is 0.556. The van der Waals surface area contributed by atoms with E-state index in [4.69, 9.17) is 4.74 Å². The quantitative estimate of drug-likeness (QED) is 0.916. The first kappa shape index (κ1) is 18.2. The third kappa shape index (κ3) is 3.37. The van der Waals surface area contributed by atoms with E-state index in [0.29, 0.717) is 5.56 Å². The number of carboxylic acid groups (broad SMARTS) is 1. The molecule has 1 amide bonds. The molecule has 6 heteroatoms. The molecule has 0 unspecified atom stereocenters. The number of likely N-dealkylation sites (tertiary alicyclic amines) is 1. The molecule has 0 saturated carbocycles. The van der Waals surface area contributed by atoms with Crippen molar-refractivity contribution in [2.75, 3.05) is 13.1 Å². The Morgan fingerprint density at radius 2 is 1.88 bits per heavy atom. The van der Waals surface area contributed by atoms with Crippen molar-refractivity contribution in [2.24, 2.45) is 0 Å². The Bertz CT molecular complexity index is 657. The van der Waals surface area contributed by atoms with E-state index in [1.54, 1.807) is 26.8 Å². The molecule has 0 aromatic heterocycles. The molecule has 0 radical (unpaired) electrons. The second-order valence-corrected chi connectivity index (χ2v) is 7.61. The van der Waals surface area contributed by atoms with Crippen LogP contribution in [-0.4, -0.2) is 40.8 Å². The molecule has 1 aromatic carbocycles. The summed E-state index contributed by atoms with van der Waals surface area (Å²) in [5.74, 6) is -1.49. The molecule has 0 spiro atoms. The van der Waals surface area contributed by atoms with Crippen LogP contribution in [0.3, 0.4) is 0 Å². The molecular formula is C18H24FNO4. The summed E-state index contributed by atoms with van der Waals surface area (Å²) in [6, 6.07) is 4.23. The zero-order valence-corrected chi connectivity index (χ0v) is 14.7. The van der Waals surface area contributed by atoms with Crippen molar-refractivity contribution < 1.29 is 23.8 Å². The van der Waals surface area contributed by atoms with Gasteiger partial charge in [-0.3, -0.25) is 4.79 Å². The van der Waals surface area contributed by atoms with E-state index in [9.17, 15) is 19.1 Å². The monoisotopic (exact) mass is 337 g/mol. The van der Waals surface area contributed by atoms with Gasteiger partial charge in [-0.2, -0.15) is 0 Å². The number of rotatable bonds is 3. The summed E-state index contributed by atoms with van der Waals surface area (Å²) in [6.07, 6.45) is -0.554. The molecule has 24 heavy (non-hydrogen) atoms. The van der Waals surface area contributed by atoms with E-state index in [2.05, 4.69) is 0 Å². The van der Waals surface area contributed by atoms with Gasteiger partial charge < -0.3 is 14.7 Å². The molecule has 1 aliphatic rings. The number of nitrogens with zero attached hydrogens (tertiary/aromatic N) is 1. The molecular weight excluding hydrogens is 313 g/mol. The van der Waals surface area contributed by atoms with E-state index in [1.807, 2.05) is 13.8 Å². The van der Waals surface area contributed by atoms with Crippen molar-refractivity contribution in [3.05, 3.63) is 35.1 Å². The lowest BCUT2D eigenvalue weighted by Crippen LogP contribution is -2.65. The number of hydrogen-bond donors (Lipinski definition) is 1. The molecule has 132 valence electrons. The molecule has 1 heterocycles. The number of carboxylic acids is 1. The minimum atomic E-state index is -1.29. The van der Waals surface area contributed by atoms with E-state index in [0.717, 1.165) is 5.56 Å². The topological polar surface area (TPSA) is 66.8 Å². The molecule has 1 N–H and O–H groups in total. The lowest BCUT2D eigenvalue weighted by atomic mass is 9.70. The fourth-order valence-corrected chi connectivity index (χ4v) is 2.93. The van der Waals surface area contributed by atoms with Gasteiger partial charge in [-0.15, -0.1) is 0 Å². The van der Waals surface area contributed by atoms with Crippen molar-refractivity contribution >= 4 is 12.1 Å². The first-order valence-corrected chi connectivity index (χ1v) is 7.97. The Morgan fingerprint density at radius 1 is 1.29 bits per heavy atom. The summed E-state index contributed by atoms with van der Waals surface area (Å²) >= 11 is 0. The Labute approximate surface area is 141 Å². The number of benzene rings is 1. The third-order valence-corrected chi connectivity index (χ3v) is 4.14. The lowest BCUT2D eigenvalue weighted by Gasteiger charge is -2.48. The van der Waals surface area contributed by atoms with Crippen molar-refractivity contribution in [3.63, 3.8) is 0 Å². The normalized spacial score (nSPS) is 16.7. The first-order valence-electron chi connectivity index (χ1n) is 7.97. The Hall–Kier alpha value is -2.11. The Kier molecular flexibility index (Phi) is 4.61. The van der Waals surface area contributed by atoms with Crippen LogP contribution in [0.15, 0.2) is 18.2 Å². The van der Waals surface area contributed by atoms with Crippen LogP contribution in [0.2, 0.25) is 0 Å². The van der Waals surface area contributed by atoms with E-state index < -0.39 is 28.9 Å². The number of aliphatic carboxylic acids is 1. The van der Waals surface area contributed by atoms with Crippen molar-refractivity contribution in [1.29, 1.82) is 0 Å². The smallest absolute Gasteiger partial charge is 0.410 e. The van der Waals surface area contributed by atoms with Gasteiger partial charge in [-0.25, -0.2) is 9.18 Å². The molecule has 1 aliphatic heterocycles. The van der Waals surface area contributed by atoms with Gasteiger partial charge in [0.25, 0.3) is 0 Å². The van der Waals surface area contributed by atoms with Gasteiger partial charge >= 0.3 is 12.1 Å². The van der Waals surface area contributed by atoms with Crippen LogP contribution in [0.4, 0.5) is 9.18 Å². The lowest BCUT2D eigenvalue weighted by molar-refractivity contribution is -0.150. The summed E-state index contributed by atoms with van der Waals surface area (Å²) < 4.78 is 19.0. The summed E-state index contributed by atoms with van der Waals surface area (Å²) in [7, 11) is 0. The second kappa shape index (κ2) is 6.07. The van der Waals surface area contributed by atoms with Crippen LogP contribution in [0.5, 0.6) is 0 Å². The number of carbonyl (C=O) groups is 2. The van der Waals surface area contributed by atoms with Crippen LogP contribution >= 0.6 is 0 Å². The molecule has 1 aromatic rings. The standard InChI is InChI=1S/C18H24FNO4/c1-11(2)13-7-6-12(19)8-14(13)18(15(21)22)9-20(10-18)16(23)24-17(3,4)5/h6-8,11H,9-10H2,1-5H3,(H,21,22). The van der Waals surface area contributed by atoms with Crippen LogP contribution in [0.1, 0.15) is 51.7 Å². The number of carbonyl (C=O) groups excluding carboxylic acids is 1. The Morgan fingerprint density at radius 3 is 2.33 bits per heavy atom. The first-order chi connectivity index (χ1) is 11.0. The highest BCUT2D eigenvalue weighted by Crippen LogP contribution is 2.40. The summed E-state index contributed by atoms with van der Waals surface area (Å²) in [5.41, 5.74) is -0.730. The fourth-order valence-electron chi connectivity index (χ4n) is 2.93. The van der Waals surface area contributed by atoms with Crippen LogP contribution in [-0.2, 0) is 14.9 Å². The summed E-state index contributed by atoms with van der Waals surface area (Å²) in [5, 5.41) is 9.77. The van der Waals surface area contributed by atoms with Gasteiger partial charge in [-0.1, -0.05) is 19.9 Å². The van der Waals surface area contributed by atoms with Gasteiger partial charge in [0.1, 0.15) is 16.8 Å². The molecule has 1 fully saturated rings. The average molecular weight is 337 g/mol. The third-order valence-electron chi connectivity index (χ3n) is 4.14. The zero-order chi connectivity index (χ0) is 18.3. The number of amides is 1. The van der Waals surface area contributed by atoms with Crippen LogP contribution < -0.4 is 0 Å². The summed E-state index contributed by atoms with van der Waals surface area (Å²) in [4.78, 5) is 25.4. The van der Waals surface area contributed by atoms with Gasteiger partial charge in [-0.05, 0) is 49.9 Å². The molecule has 0 bridgehead atoms. The molecule has 5 nitrogen and oxygen atoms in total. The van der Waals surface area contributed by atoms with Gasteiger partial charge in [0.15, 0.2) is 0 Å². The van der Waals surface area contributed by atoms with Crippen molar-refractivity contribution in [2.45, 2.75) is 51.6 Å². The van der Waals surface area contributed by atoms with Gasteiger partial charge in [0.2, 0.25) is 0 Å². The molecule has 0 atom stereocenters. The van der Waals surface area contributed by atoms with E-state index in [-0.39, 0.29) is 19.0 Å². The van der Waals surface area contributed by atoms with Crippen LogP contribution in [0, 0.1) is 5.82 Å². The minimum Gasteiger partial charge on any atom is -0.480 e. The molecule has 1 saturated heterocycles. The zero-order valence-electron chi connectivity index (χ0n) is 14.7. The molecule has 0 aliphatic carbocycles. The summed E-state index contributed by atoms with van der Waals surface area (Å²) in [6.45, 7) is 9.05. The number of ether oxygens (including phenoxy) is 1. The predicted octanol–water partition coefficient (Wildman–Crippen LogP) is 3.52. The van der Waals surface area contributed by atoms with Crippen LogP contribution in [0.25, 0.3) is 0 Å². The maximum Gasteiger partial charge on any atom is 0.410 e. The second-order valence-electron chi connectivity index (χ2n) is 7.61. The van der Waals surface area contributed by atoms with Gasteiger partial charge in [0, 0.05) is 13.1 Å². The largest absolute Gasteiger partial charge is 0.480 e. The highest BCUT2D eigenvalue weighted by atomic mass is 19.1. The van der Waals surface area contributed by atoms with Gasteiger partial charge in [0.05, 0.1) is 0 Å². The Balaban J connectivity index is 2.32. The number of halogens is 1. The number of hydrogen-bond acceptors (Lipinski definition) is 3. The SMILES string of the molecule is CC(C)c1ccc(F)cc1C1(C(=O)O)CN(C(=O)OC(C)(C)C)C1. The maximum atomic E-state index is 13.7. The van der Waals surface area contributed by atoms with Crippen molar-refractivity contribution in [1.82, 2.24) is 4.90 Å².